The molecule has 0 unspecified atom stereocenters. The standard InChI is InChI=1S/C11H15O2S/c1-3-4-7-10-8-5-6-9-11(10)14(2,12)13/h5-6,8-9H,1,3-4,7H2,2H3. The van der Waals surface area contributed by atoms with E-state index in [-0.39, 0.29) is 0 Å². The first-order chi connectivity index (χ1) is 6.55. The SMILES string of the molecule is [CH2]CCCc1ccccc1S(C)(=O)=O. The summed E-state index contributed by atoms with van der Waals surface area (Å²) in [5.41, 5.74) is 0.902. The average molecular weight is 211 g/mol. The van der Waals surface area contributed by atoms with Gasteiger partial charge in [0.15, 0.2) is 9.84 Å². The van der Waals surface area contributed by atoms with E-state index in [1.54, 1.807) is 12.1 Å². The van der Waals surface area contributed by atoms with Crippen LogP contribution in [0.1, 0.15) is 18.4 Å². The predicted molar refractivity (Wildman–Crippen MR) is 57.8 cm³/mol. The zero-order chi connectivity index (χ0) is 10.6. The van der Waals surface area contributed by atoms with Crippen molar-refractivity contribution < 1.29 is 8.42 Å². The number of sulfone groups is 1. The van der Waals surface area contributed by atoms with E-state index in [0.29, 0.717) is 4.90 Å². The molecule has 0 bridgehead atoms. The maximum Gasteiger partial charge on any atom is 0.175 e. The summed E-state index contributed by atoms with van der Waals surface area (Å²) in [4.78, 5) is 0.452. The molecule has 0 aliphatic rings. The molecule has 1 radical (unpaired) electrons. The van der Waals surface area contributed by atoms with Crippen LogP contribution in [0.5, 0.6) is 0 Å². The molecule has 0 aliphatic heterocycles. The van der Waals surface area contributed by atoms with Crippen molar-refractivity contribution in [1.82, 2.24) is 0 Å². The van der Waals surface area contributed by atoms with Crippen LogP contribution in [0, 0.1) is 6.92 Å². The number of hydrogen-bond acceptors (Lipinski definition) is 2. The molecule has 0 amide bonds. The Kier molecular flexibility index (Phi) is 3.69. The molecule has 0 aromatic heterocycles. The van der Waals surface area contributed by atoms with E-state index in [2.05, 4.69) is 6.92 Å². The van der Waals surface area contributed by atoms with Gasteiger partial charge in [-0.1, -0.05) is 31.5 Å². The topological polar surface area (TPSA) is 34.1 Å². The van der Waals surface area contributed by atoms with E-state index in [1.807, 2.05) is 12.1 Å². The second kappa shape index (κ2) is 4.60. The summed E-state index contributed by atoms with van der Waals surface area (Å²) in [6, 6.07) is 7.15. The Labute approximate surface area is 85.9 Å². The third-order valence-corrected chi connectivity index (χ3v) is 3.27. The molecule has 0 atom stereocenters. The average Bonchev–Trinajstić information content (AvgIpc) is 2.14. The fraction of sp³-hybridized carbons (Fsp3) is 0.364. The van der Waals surface area contributed by atoms with E-state index >= 15 is 0 Å². The van der Waals surface area contributed by atoms with E-state index in [9.17, 15) is 8.42 Å². The first kappa shape index (κ1) is 11.2. The van der Waals surface area contributed by atoms with Gasteiger partial charge in [0.2, 0.25) is 0 Å². The fourth-order valence-corrected chi connectivity index (χ4v) is 2.36. The van der Waals surface area contributed by atoms with Crippen molar-refractivity contribution in [2.45, 2.75) is 24.2 Å². The zero-order valence-electron chi connectivity index (χ0n) is 8.36. The highest BCUT2D eigenvalue weighted by atomic mass is 32.2. The largest absolute Gasteiger partial charge is 0.224 e. The van der Waals surface area contributed by atoms with Crippen molar-refractivity contribution >= 4 is 9.84 Å². The summed E-state index contributed by atoms with van der Waals surface area (Å²) in [5, 5.41) is 0. The van der Waals surface area contributed by atoms with Gasteiger partial charge >= 0.3 is 0 Å². The summed E-state index contributed by atoms with van der Waals surface area (Å²) in [7, 11) is -3.08. The van der Waals surface area contributed by atoms with E-state index in [1.165, 1.54) is 6.26 Å². The second-order valence-corrected chi connectivity index (χ2v) is 5.32. The lowest BCUT2D eigenvalue weighted by atomic mass is 10.1. The predicted octanol–water partition coefficient (Wildman–Crippen LogP) is 2.25. The van der Waals surface area contributed by atoms with Crippen molar-refractivity contribution in [2.75, 3.05) is 6.26 Å². The molecule has 1 rings (SSSR count). The van der Waals surface area contributed by atoms with Crippen molar-refractivity contribution in [3.63, 3.8) is 0 Å². The van der Waals surface area contributed by atoms with E-state index < -0.39 is 9.84 Å². The maximum atomic E-state index is 11.4. The molecule has 0 aliphatic carbocycles. The molecular weight excluding hydrogens is 196 g/mol. The lowest BCUT2D eigenvalue weighted by molar-refractivity contribution is 0.600. The second-order valence-electron chi connectivity index (χ2n) is 3.34. The van der Waals surface area contributed by atoms with Crippen molar-refractivity contribution in [2.24, 2.45) is 0 Å². The van der Waals surface area contributed by atoms with Crippen LogP contribution in [0.4, 0.5) is 0 Å². The molecule has 0 spiro atoms. The number of aryl methyl sites for hydroxylation is 1. The van der Waals surface area contributed by atoms with Crippen molar-refractivity contribution in [3.05, 3.63) is 36.8 Å². The molecule has 1 aromatic carbocycles. The van der Waals surface area contributed by atoms with Gasteiger partial charge in [0.05, 0.1) is 4.90 Å². The lowest BCUT2D eigenvalue weighted by Crippen LogP contribution is -2.02. The summed E-state index contributed by atoms with van der Waals surface area (Å²) >= 11 is 0. The molecule has 0 heterocycles. The Bertz CT molecular complexity index is 394. The minimum absolute atomic E-state index is 0.452. The van der Waals surface area contributed by atoms with Crippen LogP contribution >= 0.6 is 0 Å². The van der Waals surface area contributed by atoms with E-state index in [4.69, 9.17) is 0 Å². The Balaban J connectivity index is 3.04. The van der Waals surface area contributed by atoms with Gasteiger partial charge in [-0.15, -0.1) is 0 Å². The molecule has 77 valence electrons. The molecule has 0 N–H and O–H groups in total. The summed E-state index contributed by atoms with van der Waals surface area (Å²) in [5.74, 6) is 0. The first-order valence-electron chi connectivity index (χ1n) is 4.63. The Morgan fingerprint density at radius 3 is 2.50 bits per heavy atom. The molecule has 14 heavy (non-hydrogen) atoms. The van der Waals surface area contributed by atoms with Crippen LogP contribution in [0.25, 0.3) is 0 Å². The maximum absolute atomic E-state index is 11.4. The minimum Gasteiger partial charge on any atom is -0.224 e. The number of benzene rings is 1. The van der Waals surface area contributed by atoms with Crippen molar-refractivity contribution in [3.8, 4) is 0 Å². The van der Waals surface area contributed by atoms with Gasteiger partial charge in [-0.2, -0.15) is 0 Å². The quantitative estimate of drug-likeness (QED) is 0.765. The van der Waals surface area contributed by atoms with Gasteiger partial charge in [0.1, 0.15) is 0 Å². The van der Waals surface area contributed by atoms with Gasteiger partial charge in [-0.05, 0) is 24.5 Å². The highest BCUT2D eigenvalue weighted by Gasteiger charge is 2.11. The Morgan fingerprint density at radius 2 is 1.93 bits per heavy atom. The summed E-state index contributed by atoms with van der Waals surface area (Å²) < 4.78 is 22.8. The lowest BCUT2D eigenvalue weighted by Gasteiger charge is -2.06. The van der Waals surface area contributed by atoms with Gasteiger partial charge in [0.25, 0.3) is 0 Å². The Hall–Kier alpha value is -0.830. The van der Waals surface area contributed by atoms with Crippen LogP contribution in [-0.4, -0.2) is 14.7 Å². The number of unbranched alkanes of at least 4 members (excludes halogenated alkanes) is 1. The highest BCUT2D eigenvalue weighted by Crippen LogP contribution is 2.17. The molecule has 1 aromatic rings. The molecule has 0 saturated heterocycles. The van der Waals surface area contributed by atoms with Gasteiger partial charge < -0.3 is 0 Å². The number of rotatable bonds is 4. The zero-order valence-corrected chi connectivity index (χ0v) is 9.18. The van der Waals surface area contributed by atoms with Crippen LogP contribution < -0.4 is 0 Å². The highest BCUT2D eigenvalue weighted by molar-refractivity contribution is 7.90. The first-order valence-corrected chi connectivity index (χ1v) is 6.52. The van der Waals surface area contributed by atoms with Gasteiger partial charge in [0, 0.05) is 6.26 Å². The van der Waals surface area contributed by atoms with Crippen LogP contribution in [0.15, 0.2) is 29.2 Å². The molecular formula is C11H15O2S. The molecule has 3 heteroatoms. The summed E-state index contributed by atoms with van der Waals surface area (Å²) in [6.45, 7) is 3.74. The van der Waals surface area contributed by atoms with Gasteiger partial charge in [-0.3, -0.25) is 0 Å². The van der Waals surface area contributed by atoms with Crippen molar-refractivity contribution in [1.29, 1.82) is 0 Å². The fourth-order valence-electron chi connectivity index (χ4n) is 1.39. The number of hydrogen-bond donors (Lipinski definition) is 0. The monoisotopic (exact) mass is 211 g/mol. The van der Waals surface area contributed by atoms with Crippen LogP contribution in [0.2, 0.25) is 0 Å². The Morgan fingerprint density at radius 1 is 1.29 bits per heavy atom. The third kappa shape index (κ3) is 2.84. The third-order valence-electron chi connectivity index (χ3n) is 2.07. The van der Waals surface area contributed by atoms with Crippen LogP contribution in [-0.2, 0) is 16.3 Å². The minimum atomic E-state index is -3.08. The normalized spacial score (nSPS) is 11.6. The molecule has 0 fully saturated rings. The van der Waals surface area contributed by atoms with E-state index in [0.717, 1.165) is 24.8 Å². The van der Waals surface area contributed by atoms with Crippen LogP contribution in [0.3, 0.4) is 0 Å². The molecule has 0 saturated carbocycles. The smallest absolute Gasteiger partial charge is 0.175 e. The summed E-state index contributed by atoms with van der Waals surface area (Å²) in [6.07, 6.45) is 3.79. The molecule has 2 nitrogen and oxygen atoms in total. The van der Waals surface area contributed by atoms with Gasteiger partial charge in [-0.25, -0.2) is 8.42 Å².